The van der Waals surface area contributed by atoms with Crippen LogP contribution < -0.4 is 25.0 Å². The van der Waals surface area contributed by atoms with Gasteiger partial charge in [0.15, 0.2) is 5.95 Å². The van der Waals surface area contributed by atoms with Crippen LogP contribution in [0.1, 0.15) is 15.4 Å². The second-order valence-corrected chi connectivity index (χ2v) is 8.24. The molecule has 0 atom stereocenters. The zero-order valence-electron chi connectivity index (χ0n) is 18.1. The minimum atomic E-state index is -0.861. The van der Waals surface area contributed by atoms with Crippen LogP contribution in [0.15, 0.2) is 65.2 Å². The van der Waals surface area contributed by atoms with E-state index in [1.807, 2.05) is 30.3 Å². The second-order valence-electron chi connectivity index (χ2n) is 7.24. The molecule has 0 aliphatic carbocycles. The molecule has 0 fully saturated rings. The highest BCUT2D eigenvalue weighted by Gasteiger charge is 2.32. The number of hydrogen-bond donors (Lipinski definition) is 1. The lowest BCUT2D eigenvalue weighted by Gasteiger charge is -2.07. The Bertz CT molecular complexity index is 1520. The molecule has 170 valence electrons. The molecule has 0 unspecified atom stereocenters. The van der Waals surface area contributed by atoms with Crippen molar-refractivity contribution in [3.8, 4) is 34.4 Å². The molecule has 0 radical (unpaired) electrons. The molecule has 0 amide bonds. The molecule has 34 heavy (non-hydrogen) atoms. The summed E-state index contributed by atoms with van der Waals surface area (Å²) in [7, 11) is 3.13. The number of nitrogens with two attached hydrogens (primary N) is 1. The smallest absolute Gasteiger partial charge is 0.312 e. The van der Waals surface area contributed by atoms with Gasteiger partial charge in [-0.3, -0.25) is 4.79 Å². The Labute approximate surface area is 197 Å². The molecule has 0 spiro atoms. The maximum absolute atomic E-state index is 13.4. The van der Waals surface area contributed by atoms with Gasteiger partial charge in [0.1, 0.15) is 21.2 Å². The predicted molar refractivity (Wildman–Crippen MR) is 123 cm³/mol. The molecule has 2 N–H and O–H groups in total. The van der Waals surface area contributed by atoms with E-state index < -0.39 is 11.7 Å². The number of anilines is 1. The Morgan fingerprint density at radius 2 is 1.82 bits per heavy atom. The quantitative estimate of drug-likeness (QED) is 0.294. The summed E-state index contributed by atoms with van der Waals surface area (Å²) in [4.78, 5) is 18.9. The molecule has 0 bridgehead atoms. The lowest BCUT2D eigenvalue weighted by Crippen LogP contribution is -2.39. The van der Waals surface area contributed by atoms with Crippen LogP contribution >= 0.6 is 11.3 Å². The minimum absolute atomic E-state index is 0.183. The molecule has 3 heterocycles. The van der Waals surface area contributed by atoms with Crippen LogP contribution in [0.2, 0.25) is 0 Å². The number of benzene rings is 2. The molecular weight excluding hydrogens is 456 g/mol. The standard InChI is InChI=1S/C24H18N4O5S/c1-31-14-9-7-13(8-10-14)28-20(24(30)33-27-28)21(29)22-19(25)16-11-12-17(26-23(16)34-22)15-5-3-4-6-18(15)32-2/h3-12H,1-2H3,(H2-,25,27,29,30). The topological polar surface area (TPSA) is 127 Å². The number of fused-ring (bicyclic) bond motifs is 1. The zero-order valence-corrected chi connectivity index (χ0v) is 19.0. The number of ketones is 1. The number of methoxy groups -OCH3 is 2. The Hall–Kier alpha value is -4.44. The van der Waals surface area contributed by atoms with E-state index in [4.69, 9.17) is 19.7 Å². The van der Waals surface area contributed by atoms with Crippen molar-refractivity contribution in [1.29, 1.82) is 0 Å². The largest absolute Gasteiger partial charge is 0.539 e. The maximum atomic E-state index is 13.4. The first kappa shape index (κ1) is 21.4. The number of carbonyl (C=O) groups is 1. The van der Waals surface area contributed by atoms with E-state index in [0.717, 1.165) is 21.6 Å². The fourth-order valence-corrected chi connectivity index (χ4v) is 4.65. The van der Waals surface area contributed by atoms with Gasteiger partial charge in [0.2, 0.25) is 5.69 Å². The average Bonchev–Trinajstić information content (AvgIpc) is 3.43. The highest BCUT2D eigenvalue weighted by atomic mass is 32.1. The number of pyridine rings is 1. The van der Waals surface area contributed by atoms with Crippen molar-refractivity contribution >= 4 is 33.0 Å². The third-order valence-electron chi connectivity index (χ3n) is 5.33. The lowest BCUT2D eigenvalue weighted by molar-refractivity contribution is -0.672. The van der Waals surface area contributed by atoms with Gasteiger partial charge >= 0.3 is 5.69 Å². The number of ether oxygens (including phenoxy) is 2. The molecule has 10 heteroatoms. The number of thiophene rings is 1. The molecular formula is C24H18N4O5S. The molecule has 0 saturated heterocycles. The number of nitrogens with zero attached hydrogens (tertiary/aromatic N) is 3. The van der Waals surface area contributed by atoms with Crippen LogP contribution in [0.3, 0.4) is 0 Å². The molecule has 0 saturated carbocycles. The number of rotatable bonds is 6. The molecule has 5 aromatic rings. The fraction of sp³-hybridized carbons (Fsp3) is 0.0833. The van der Waals surface area contributed by atoms with Crippen molar-refractivity contribution in [3.05, 3.63) is 71.2 Å². The molecule has 3 aromatic heterocycles. The summed E-state index contributed by atoms with van der Waals surface area (Å²) in [6.45, 7) is 0. The number of hydrogen-bond acceptors (Lipinski definition) is 9. The monoisotopic (exact) mass is 474 g/mol. The van der Waals surface area contributed by atoms with Crippen LogP contribution in [0.5, 0.6) is 17.4 Å². The van der Waals surface area contributed by atoms with E-state index in [1.165, 1.54) is 0 Å². The van der Waals surface area contributed by atoms with Crippen LogP contribution in [-0.2, 0) is 0 Å². The van der Waals surface area contributed by atoms with Crippen molar-refractivity contribution < 1.29 is 28.6 Å². The van der Waals surface area contributed by atoms with Gasteiger partial charge in [-0.05, 0) is 41.1 Å². The van der Waals surface area contributed by atoms with Gasteiger partial charge in [-0.1, -0.05) is 12.1 Å². The number of carbonyl (C=O) groups excluding carboxylic acids is 1. The Morgan fingerprint density at radius 3 is 2.56 bits per heavy atom. The Morgan fingerprint density at radius 1 is 1.06 bits per heavy atom. The van der Waals surface area contributed by atoms with Gasteiger partial charge in [0.05, 0.1) is 30.9 Å². The molecule has 0 aliphatic rings. The Kier molecular flexibility index (Phi) is 5.34. The SMILES string of the molecule is COc1ccc(-[n+]2noc([O-])c2C(=O)c2sc3nc(-c4ccccc4OC)ccc3c2N)cc1. The number of para-hydroxylation sites is 1. The summed E-state index contributed by atoms with van der Waals surface area (Å²) < 4.78 is 16.5. The van der Waals surface area contributed by atoms with Crippen molar-refractivity contribution in [2.75, 3.05) is 20.0 Å². The molecule has 0 aliphatic heterocycles. The molecule has 9 nitrogen and oxygen atoms in total. The highest BCUT2D eigenvalue weighted by Crippen LogP contribution is 2.37. The van der Waals surface area contributed by atoms with Crippen molar-refractivity contribution in [1.82, 2.24) is 10.3 Å². The van der Waals surface area contributed by atoms with Gasteiger partial charge in [0.25, 0.3) is 5.78 Å². The van der Waals surface area contributed by atoms with Gasteiger partial charge in [-0.2, -0.15) is 0 Å². The van der Waals surface area contributed by atoms with Gasteiger partial charge in [-0.25, -0.2) is 4.98 Å². The third kappa shape index (κ3) is 3.50. The van der Waals surface area contributed by atoms with E-state index in [1.54, 1.807) is 44.6 Å². The van der Waals surface area contributed by atoms with Crippen LogP contribution in [-0.4, -0.2) is 30.3 Å². The van der Waals surface area contributed by atoms with Crippen LogP contribution in [0.4, 0.5) is 5.69 Å². The van der Waals surface area contributed by atoms with E-state index >= 15 is 0 Å². The van der Waals surface area contributed by atoms with E-state index in [0.29, 0.717) is 33.1 Å². The molecule has 2 aromatic carbocycles. The third-order valence-corrected chi connectivity index (χ3v) is 6.44. The summed E-state index contributed by atoms with van der Waals surface area (Å²) in [6.07, 6.45) is 0. The number of nitrogen functional groups attached to an aromatic ring is 1. The van der Waals surface area contributed by atoms with Crippen LogP contribution in [0.25, 0.3) is 27.2 Å². The minimum Gasteiger partial charge on any atom is -0.539 e. The van der Waals surface area contributed by atoms with E-state index in [9.17, 15) is 9.90 Å². The van der Waals surface area contributed by atoms with Crippen molar-refractivity contribution in [3.63, 3.8) is 0 Å². The highest BCUT2D eigenvalue weighted by molar-refractivity contribution is 7.21. The van der Waals surface area contributed by atoms with E-state index in [-0.39, 0.29) is 16.3 Å². The van der Waals surface area contributed by atoms with Crippen molar-refractivity contribution in [2.45, 2.75) is 0 Å². The van der Waals surface area contributed by atoms with Gasteiger partial charge in [-0.15, -0.1) is 11.3 Å². The van der Waals surface area contributed by atoms with Crippen LogP contribution in [0, 0.1) is 0 Å². The second kappa shape index (κ2) is 8.49. The normalized spacial score (nSPS) is 11.0. The average molecular weight is 474 g/mol. The summed E-state index contributed by atoms with van der Waals surface area (Å²) in [5, 5.41) is 16.8. The molecule has 5 rings (SSSR count). The summed E-state index contributed by atoms with van der Waals surface area (Å²) in [6, 6.07) is 17.8. The lowest BCUT2D eigenvalue weighted by atomic mass is 10.1. The van der Waals surface area contributed by atoms with E-state index in [2.05, 4.69) is 10.3 Å². The summed E-state index contributed by atoms with van der Waals surface area (Å²) >= 11 is 1.10. The first-order valence-electron chi connectivity index (χ1n) is 10.1. The Balaban J connectivity index is 1.58. The number of aromatic nitrogens is 3. The summed E-state index contributed by atoms with van der Waals surface area (Å²) in [5.41, 5.74) is 8.25. The zero-order chi connectivity index (χ0) is 23.8. The fourth-order valence-electron chi connectivity index (χ4n) is 3.62. The first-order chi connectivity index (χ1) is 16.5. The predicted octanol–water partition coefficient (Wildman–Crippen LogP) is 3.13. The van der Waals surface area contributed by atoms with Gasteiger partial charge < -0.3 is 24.8 Å². The van der Waals surface area contributed by atoms with Crippen molar-refractivity contribution in [2.24, 2.45) is 0 Å². The summed E-state index contributed by atoms with van der Waals surface area (Å²) in [5.74, 6) is -0.160. The van der Waals surface area contributed by atoms with Gasteiger partial charge in [0, 0.05) is 23.1 Å². The maximum Gasteiger partial charge on any atom is 0.312 e. The first-order valence-corrected chi connectivity index (χ1v) is 10.9.